The fraction of sp³-hybridized carbons (Fsp3) is 0.316. The Balaban J connectivity index is 1.32. The van der Waals surface area contributed by atoms with E-state index in [4.69, 9.17) is 5.73 Å². The molecule has 3 heterocycles. The Kier molecular flexibility index (Phi) is 4.81. The van der Waals surface area contributed by atoms with Crippen LogP contribution in [-0.2, 0) is 11.3 Å². The van der Waals surface area contributed by atoms with Crippen molar-refractivity contribution in [3.8, 4) is 0 Å². The van der Waals surface area contributed by atoms with Crippen LogP contribution in [0.4, 0.5) is 10.8 Å². The largest absolute Gasteiger partial charge is 0.375 e. The Labute approximate surface area is 156 Å². The van der Waals surface area contributed by atoms with Gasteiger partial charge in [-0.3, -0.25) is 14.7 Å². The van der Waals surface area contributed by atoms with Crippen LogP contribution in [0.25, 0.3) is 10.9 Å². The second-order valence-corrected chi connectivity index (χ2v) is 7.76. The first kappa shape index (κ1) is 16.9. The second-order valence-electron chi connectivity index (χ2n) is 6.62. The minimum Gasteiger partial charge on any atom is -0.375 e. The van der Waals surface area contributed by atoms with Crippen LogP contribution in [0.3, 0.4) is 0 Å². The number of piperidine rings is 1. The predicted molar refractivity (Wildman–Crippen MR) is 105 cm³/mol. The Morgan fingerprint density at radius 1 is 1.27 bits per heavy atom. The molecule has 1 saturated heterocycles. The molecule has 0 atom stereocenters. The number of thiazole rings is 1. The molecule has 0 unspecified atom stereocenters. The number of carbonyl (C=O) groups is 1. The Morgan fingerprint density at radius 3 is 2.88 bits per heavy atom. The van der Waals surface area contributed by atoms with E-state index < -0.39 is 0 Å². The highest BCUT2D eigenvalue weighted by Gasteiger charge is 2.25. The van der Waals surface area contributed by atoms with Crippen molar-refractivity contribution in [2.75, 3.05) is 24.1 Å². The van der Waals surface area contributed by atoms with Gasteiger partial charge in [-0.15, -0.1) is 11.3 Å². The minimum atomic E-state index is 0.0578. The average Bonchev–Trinajstić information content (AvgIpc) is 3.07. The molecule has 7 heteroatoms. The first-order valence-corrected chi connectivity index (χ1v) is 9.57. The van der Waals surface area contributed by atoms with E-state index in [1.807, 2.05) is 36.5 Å². The molecule has 6 nitrogen and oxygen atoms in total. The number of nitrogens with two attached hydrogens (primary N) is 1. The standard InChI is InChI=1S/C19H21N5OS/c20-19-22-11-16(26-19)12-24-8-5-13(6-9-24)18(25)23-15-3-4-17-14(10-15)2-1-7-21-17/h1-4,7,10-11,13H,5-6,8-9,12H2,(H2,20,22)(H,23,25). The van der Waals surface area contributed by atoms with E-state index in [2.05, 4.69) is 20.2 Å². The summed E-state index contributed by atoms with van der Waals surface area (Å²) in [6.45, 7) is 2.69. The third-order valence-corrected chi connectivity index (χ3v) is 5.59. The number of likely N-dealkylation sites (tertiary alicyclic amines) is 1. The van der Waals surface area contributed by atoms with Crippen LogP contribution in [0.15, 0.2) is 42.7 Å². The molecule has 2 aromatic heterocycles. The van der Waals surface area contributed by atoms with E-state index in [-0.39, 0.29) is 11.8 Å². The average molecular weight is 367 g/mol. The number of rotatable bonds is 4. The van der Waals surface area contributed by atoms with Gasteiger partial charge in [0.1, 0.15) is 0 Å². The van der Waals surface area contributed by atoms with E-state index in [1.54, 1.807) is 6.20 Å². The van der Waals surface area contributed by atoms with Crippen LogP contribution >= 0.6 is 11.3 Å². The van der Waals surface area contributed by atoms with Crippen LogP contribution in [0.2, 0.25) is 0 Å². The molecule has 0 radical (unpaired) electrons. The molecular weight excluding hydrogens is 346 g/mol. The van der Waals surface area contributed by atoms with Crippen molar-refractivity contribution in [3.63, 3.8) is 0 Å². The van der Waals surface area contributed by atoms with Gasteiger partial charge in [0.25, 0.3) is 0 Å². The van der Waals surface area contributed by atoms with Crippen LogP contribution in [0.1, 0.15) is 17.7 Å². The number of nitrogens with zero attached hydrogens (tertiary/aromatic N) is 3. The predicted octanol–water partition coefficient (Wildman–Crippen LogP) is 3.12. The topological polar surface area (TPSA) is 84.1 Å². The van der Waals surface area contributed by atoms with Crippen molar-refractivity contribution in [1.29, 1.82) is 0 Å². The monoisotopic (exact) mass is 367 g/mol. The Morgan fingerprint density at radius 2 is 2.12 bits per heavy atom. The quantitative estimate of drug-likeness (QED) is 0.740. The van der Waals surface area contributed by atoms with Gasteiger partial charge in [0.15, 0.2) is 5.13 Å². The van der Waals surface area contributed by atoms with Gasteiger partial charge < -0.3 is 11.1 Å². The molecule has 1 aliphatic heterocycles. The van der Waals surface area contributed by atoms with Gasteiger partial charge in [0, 0.05) is 40.8 Å². The number of amides is 1. The molecule has 3 N–H and O–H groups in total. The Hall–Kier alpha value is -2.51. The molecule has 1 amide bonds. The lowest BCUT2D eigenvalue weighted by Gasteiger charge is -2.30. The number of hydrogen-bond acceptors (Lipinski definition) is 6. The number of carbonyl (C=O) groups excluding carboxylic acids is 1. The number of anilines is 2. The molecule has 1 aromatic carbocycles. The molecule has 4 rings (SSSR count). The zero-order valence-electron chi connectivity index (χ0n) is 14.4. The van der Waals surface area contributed by atoms with Gasteiger partial charge in [-0.1, -0.05) is 6.07 Å². The van der Waals surface area contributed by atoms with Gasteiger partial charge in [-0.05, 0) is 50.2 Å². The van der Waals surface area contributed by atoms with E-state index in [0.717, 1.165) is 49.1 Å². The molecule has 26 heavy (non-hydrogen) atoms. The van der Waals surface area contributed by atoms with Crippen LogP contribution < -0.4 is 11.1 Å². The van der Waals surface area contributed by atoms with Crippen LogP contribution in [0, 0.1) is 5.92 Å². The van der Waals surface area contributed by atoms with Crippen molar-refractivity contribution < 1.29 is 4.79 Å². The highest BCUT2D eigenvalue weighted by molar-refractivity contribution is 7.15. The highest BCUT2D eigenvalue weighted by atomic mass is 32.1. The summed E-state index contributed by atoms with van der Waals surface area (Å²) in [6.07, 6.45) is 5.35. The molecule has 0 saturated carbocycles. The summed E-state index contributed by atoms with van der Waals surface area (Å²) < 4.78 is 0. The van der Waals surface area contributed by atoms with Crippen LogP contribution in [0.5, 0.6) is 0 Å². The maximum absolute atomic E-state index is 12.6. The normalized spacial score (nSPS) is 16.0. The summed E-state index contributed by atoms with van der Waals surface area (Å²) in [5, 5.41) is 4.70. The number of nitrogens with one attached hydrogen (secondary N) is 1. The third kappa shape index (κ3) is 3.84. The fourth-order valence-corrected chi connectivity index (χ4v) is 4.09. The number of aromatic nitrogens is 2. The maximum atomic E-state index is 12.6. The smallest absolute Gasteiger partial charge is 0.227 e. The van der Waals surface area contributed by atoms with Crippen molar-refractivity contribution in [2.45, 2.75) is 19.4 Å². The van der Waals surface area contributed by atoms with Gasteiger partial charge in [-0.25, -0.2) is 4.98 Å². The lowest BCUT2D eigenvalue weighted by Crippen LogP contribution is -2.37. The number of benzene rings is 1. The Bertz CT molecular complexity index is 917. The van der Waals surface area contributed by atoms with E-state index in [0.29, 0.717) is 5.13 Å². The first-order valence-electron chi connectivity index (χ1n) is 8.75. The summed E-state index contributed by atoms with van der Waals surface area (Å²) in [7, 11) is 0. The highest BCUT2D eigenvalue weighted by Crippen LogP contribution is 2.24. The van der Waals surface area contributed by atoms with Crippen molar-refractivity contribution in [1.82, 2.24) is 14.9 Å². The zero-order chi connectivity index (χ0) is 17.9. The fourth-order valence-electron chi connectivity index (χ4n) is 3.37. The summed E-state index contributed by atoms with van der Waals surface area (Å²) >= 11 is 1.53. The number of hydrogen-bond donors (Lipinski definition) is 2. The SMILES string of the molecule is Nc1ncc(CN2CCC(C(=O)Nc3ccc4ncccc4c3)CC2)s1. The molecule has 0 aliphatic carbocycles. The van der Waals surface area contributed by atoms with Crippen molar-refractivity contribution in [3.05, 3.63) is 47.6 Å². The molecule has 0 spiro atoms. The van der Waals surface area contributed by atoms with E-state index in [9.17, 15) is 4.79 Å². The summed E-state index contributed by atoms with van der Waals surface area (Å²) in [4.78, 5) is 24.5. The second kappa shape index (κ2) is 7.39. The van der Waals surface area contributed by atoms with E-state index >= 15 is 0 Å². The molecule has 3 aromatic rings. The maximum Gasteiger partial charge on any atom is 0.227 e. The number of nitrogen functional groups attached to an aromatic ring is 1. The van der Waals surface area contributed by atoms with Gasteiger partial charge in [0.05, 0.1) is 5.52 Å². The lowest BCUT2D eigenvalue weighted by molar-refractivity contribution is -0.121. The molecule has 134 valence electrons. The lowest BCUT2D eigenvalue weighted by atomic mass is 9.95. The van der Waals surface area contributed by atoms with E-state index in [1.165, 1.54) is 16.2 Å². The van der Waals surface area contributed by atoms with Crippen LogP contribution in [-0.4, -0.2) is 33.9 Å². The summed E-state index contributed by atoms with van der Waals surface area (Å²) in [5.74, 6) is 0.164. The molecular formula is C19H21N5OS. The molecule has 1 aliphatic rings. The number of fused-ring (bicyclic) bond motifs is 1. The molecule has 1 fully saturated rings. The zero-order valence-corrected chi connectivity index (χ0v) is 15.2. The summed E-state index contributed by atoms with van der Waals surface area (Å²) in [6, 6.07) is 9.73. The molecule has 0 bridgehead atoms. The summed E-state index contributed by atoms with van der Waals surface area (Å²) in [5.41, 5.74) is 7.45. The first-order chi connectivity index (χ1) is 12.7. The van der Waals surface area contributed by atoms with Gasteiger partial charge in [-0.2, -0.15) is 0 Å². The third-order valence-electron chi connectivity index (χ3n) is 4.78. The van der Waals surface area contributed by atoms with Gasteiger partial charge in [0.2, 0.25) is 5.91 Å². The number of pyridine rings is 1. The van der Waals surface area contributed by atoms with Crippen molar-refractivity contribution in [2.24, 2.45) is 5.92 Å². The minimum absolute atomic E-state index is 0.0578. The van der Waals surface area contributed by atoms with Gasteiger partial charge >= 0.3 is 0 Å². The van der Waals surface area contributed by atoms with Crippen molar-refractivity contribution >= 4 is 39.0 Å².